The van der Waals surface area contributed by atoms with Gasteiger partial charge in [0, 0.05) is 15.6 Å². The Morgan fingerprint density at radius 3 is 3.03 bits per heavy atom. The average Bonchev–Trinajstić information content (AvgIpc) is 3.02. The van der Waals surface area contributed by atoms with E-state index in [4.69, 9.17) is 11.6 Å². The van der Waals surface area contributed by atoms with Gasteiger partial charge in [0.25, 0.3) is 5.56 Å². The van der Waals surface area contributed by atoms with Gasteiger partial charge < -0.3 is 10.3 Å². The molecule has 4 rings (SSSR count). The fraction of sp³-hybridized carbons (Fsp3) is 0.381. The Bertz CT molecular complexity index is 1150. The lowest BCUT2D eigenvalue weighted by Gasteiger charge is -2.17. The Hall–Kier alpha value is -1.83. The molecule has 2 atom stereocenters. The van der Waals surface area contributed by atoms with E-state index in [9.17, 15) is 9.59 Å². The second-order valence-corrected chi connectivity index (χ2v) is 10.4. The number of H-pyrrole nitrogens is 1. The van der Waals surface area contributed by atoms with Crippen molar-refractivity contribution in [3.63, 3.8) is 0 Å². The van der Waals surface area contributed by atoms with Gasteiger partial charge in [-0.1, -0.05) is 36.4 Å². The van der Waals surface area contributed by atoms with Crippen molar-refractivity contribution in [3.05, 3.63) is 49.6 Å². The van der Waals surface area contributed by atoms with Crippen molar-refractivity contribution in [1.29, 1.82) is 0 Å². The maximum atomic E-state index is 12.7. The molecule has 2 unspecified atom stereocenters. The molecule has 152 valence electrons. The third kappa shape index (κ3) is 4.09. The molecule has 0 saturated carbocycles. The molecule has 5 nitrogen and oxygen atoms in total. The van der Waals surface area contributed by atoms with Gasteiger partial charge in [-0.05, 0) is 62.3 Å². The lowest BCUT2D eigenvalue weighted by molar-refractivity contribution is -0.115. The first-order valence-electron chi connectivity index (χ1n) is 9.60. The lowest BCUT2D eigenvalue weighted by Crippen LogP contribution is -2.23. The van der Waals surface area contributed by atoms with Crippen LogP contribution in [-0.2, 0) is 17.6 Å². The molecule has 2 heterocycles. The number of fused-ring (bicyclic) bond motifs is 3. The molecule has 2 N–H and O–H groups in total. The fourth-order valence-electron chi connectivity index (χ4n) is 3.58. The molecule has 0 bridgehead atoms. The number of nitrogens with zero attached hydrogens (tertiary/aromatic N) is 1. The van der Waals surface area contributed by atoms with Crippen LogP contribution < -0.4 is 10.9 Å². The second kappa shape index (κ2) is 8.13. The highest BCUT2D eigenvalue weighted by Crippen LogP contribution is 2.36. The molecular weight excluding hydrogens is 426 g/mol. The van der Waals surface area contributed by atoms with Crippen molar-refractivity contribution in [2.24, 2.45) is 5.92 Å². The largest absolute Gasteiger partial charge is 0.325 e. The number of carbonyl (C=O) groups is 1. The number of aromatic nitrogens is 2. The summed E-state index contributed by atoms with van der Waals surface area (Å²) in [4.78, 5) is 34.9. The van der Waals surface area contributed by atoms with Crippen LogP contribution in [0.15, 0.2) is 28.2 Å². The van der Waals surface area contributed by atoms with Crippen LogP contribution in [0.1, 0.15) is 36.3 Å². The van der Waals surface area contributed by atoms with E-state index in [-0.39, 0.29) is 11.5 Å². The molecule has 1 aliphatic rings. The smallest absolute Gasteiger partial charge is 0.260 e. The van der Waals surface area contributed by atoms with Crippen molar-refractivity contribution in [3.8, 4) is 0 Å². The molecular formula is C21H22ClN3O2S2. The van der Waals surface area contributed by atoms with Gasteiger partial charge >= 0.3 is 0 Å². The summed E-state index contributed by atoms with van der Waals surface area (Å²) in [7, 11) is 0. The maximum absolute atomic E-state index is 12.7. The van der Waals surface area contributed by atoms with E-state index < -0.39 is 5.25 Å². The number of halogens is 1. The molecule has 0 saturated heterocycles. The van der Waals surface area contributed by atoms with Gasteiger partial charge in [0.05, 0.1) is 10.6 Å². The fourth-order valence-corrected chi connectivity index (χ4v) is 6.00. The number of thiophene rings is 1. The predicted molar refractivity (Wildman–Crippen MR) is 122 cm³/mol. The maximum Gasteiger partial charge on any atom is 0.260 e. The number of aromatic amines is 1. The van der Waals surface area contributed by atoms with E-state index in [2.05, 4.69) is 22.2 Å². The Labute approximate surface area is 182 Å². The Morgan fingerprint density at radius 2 is 2.24 bits per heavy atom. The van der Waals surface area contributed by atoms with Crippen LogP contribution in [0.25, 0.3) is 10.2 Å². The summed E-state index contributed by atoms with van der Waals surface area (Å²) >= 11 is 8.99. The number of rotatable bonds is 4. The van der Waals surface area contributed by atoms with E-state index in [1.807, 2.05) is 13.0 Å². The zero-order chi connectivity index (χ0) is 20.7. The van der Waals surface area contributed by atoms with Gasteiger partial charge in [-0.3, -0.25) is 9.59 Å². The van der Waals surface area contributed by atoms with Gasteiger partial charge in [0.15, 0.2) is 5.16 Å². The monoisotopic (exact) mass is 447 g/mol. The Kier molecular flexibility index (Phi) is 5.73. The predicted octanol–water partition coefficient (Wildman–Crippen LogP) is 5.19. The number of anilines is 1. The van der Waals surface area contributed by atoms with Crippen LogP contribution >= 0.6 is 34.7 Å². The zero-order valence-electron chi connectivity index (χ0n) is 16.5. The van der Waals surface area contributed by atoms with E-state index >= 15 is 0 Å². The Morgan fingerprint density at radius 1 is 1.45 bits per heavy atom. The van der Waals surface area contributed by atoms with Crippen molar-refractivity contribution >= 4 is 56.5 Å². The molecule has 0 radical (unpaired) electrons. The summed E-state index contributed by atoms with van der Waals surface area (Å²) in [6.07, 6.45) is 3.05. The number of nitrogens with one attached hydrogen (secondary N) is 2. The van der Waals surface area contributed by atoms with Crippen LogP contribution in [-0.4, -0.2) is 21.1 Å². The van der Waals surface area contributed by atoms with Crippen molar-refractivity contribution in [1.82, 2.24) is 9.97 Å². The standard InChI is InChI=1S/C21H22ClN3O2S2/c1-10-7-8-13-16(9-10)29-20-17(13)19(27)24-21(25-20)28-12(3)18(26)23-15-6-4-5-14(22)11(15)2/h4-6,10,12H,7-9H2,1-3H3,(H,23,26)(H,24,25,27). The molecule has 1 aromatic carbocycles. The lowest BCUT2D eigenvalue weighted by atomic mass is 9.89. The highest BCUT2D eigenvalue weighted by molar-refractivity contribution is 8.00. The minimum atomic E-state index is -0.427. The first-order chi connectivity index (χ1) is 13.8. The van der Waals surface area contributed by atoms with Crippen molar-refractivity contribution in [2.45, 2.75) is 50.4 Å². The summed E-state index contributed by atoms with van der Waals surface area (Å²) in [5, 5.41) is 4.29. The van der Waals surface area contributed by atoms with Crippen LogP contribution in [0.4, 0.5) is 5.69 Å². The molecule has 0 spiro atoms. The summed E-state index contributed by atoms with van der Waals surface area (Å²) < 4.78 is 0. The SMILES string of the molecule is Cc1c(Cl)cccc1NC(=O)C(C)Sc1nc2sc3c(c2c(=O)[nH]1)CCC(C)C3. The van der Waals surface area contributed by atoms with Crippen LogP contribution in [0.5, 0.6) is 0 Å². The van der Waals surface area contributed by atoms with Gasteiger partial charge in [0.1, 0.15) is 4.83 Å². The highest BCUT2D eigenvalue weighted by Gasteiger charge is 2.24. The van der Waals surface area contributed by atoms with E-state index in [0.29, 0.717) is 21.8 Å². The molecule has 2 aromatic heterocycles. The molecule has 8 heteroatoms. The van der Waals surface area contributed by atoms with Gasteiger partial charge in [0.2, 0.25) is 5.91 Å². The summed E-state index contributed by atoms with van der Waals surface area (Å²) in [6.45, 7) is 5.90. The van der Waals surface area contributed by atoms with Crippen LogP contribution in [0, 0.1) is 12.8 Å². The molecule has 0 aliphatic heterocycles. The van der Waals surface area contributed by atoms with E-state index in [0.717, 1.165) is 40.6 Å². The highest BCUT2D eigenvalue weighted by atomic mass is 35.5. The molecule has 1 amide bonds. The summed E-state index contributed by atoms with van der Waals surface area (Å²) in [5.74, 6) is 0.476. The topological polar surface area (TPSA) is 74.8 Å². The van der Waals surface area contributed by atoms with Gasteiger partial charge in [-0.2, -0.15) is 0 Å². The first-order valence-corrected chi connectivity index (χ1v) is 11.7. The summed E-state index contributed by atoms with van der Waals surface area (Å²) in [6, 6.07) is 5.41. The third-order valence-electron chi connectivity index (χ3n) is 5.33. The van der Waals surface area contributed by atoms with Crippen LogP contribution in [0.3, 0.4) is 0 Å². The van der Waals surface area contributed by atoms with Gasteiger partial charge in [-0.15, -0.1) is 11.3 Å². The number of carbonyl (C=O) groups excluding carboxylic acids is 1. The van der Waals surface area contributed by atoms with E-state index in [1.54, 1.807) is 30.4 Å². The zero-order valence-corrected chi connectivity index (χ0v) is 18.9. The van der Waals surface area contributed by atoms with E-state index in [1.165, 1.54) is 16.6 Å². The second-order valence-electron chi connectivity index (χ2n) is 7.56. The van der Waals surface area contributed by atoms with Crippen molar-refractivity contribution in [2.75, 3.05) is 5.32 Å². The minimum Gasteiger partial charge on any atom is -0.325 e. The Balaban J connectivity index is 1.55. The number of hydrogen-bond acceptors (Lipinski definition) is 5. The quantitative estimate of drug-likeness (QED) is 0.426. The number of amides is 1. The van der Waals surface area contributed by atoms with Gasteiger partial charge in [-0.25, -0.2) is 4.98 Å². The van der Waals surface area contributed by atoms with Crippen molar-refractivity contribution < 1.29 is 4.79 Å². The molecule has 1 aliphatic carbocycles. The number of thioether (sulfide) groups is 1. The number of hydrogen-bond donors (Lipinski definition) is 2. The number of benzene rings is 1. The normalized spacial score (nSPS) is 17.2. The minimum absolute atomic E-state index is 0.108. The summed E-state index contributed by atoms with van der Waals surface area (Å²) in [5.41, 5.74) is 2.57. The molecule has 29 heavy (non-hydrogen) atoms. The first kappa shape index (κ1) is 20.4. The molecule has 0 fully saturated rings. The third-order valence-corrected chi connectivity index (χ3v) is 7.87. The van der Waals surface area contributed by atoms with Crippen LogP contribution in [0.2, 0.25) is 5.02 Å². The average molecular weight is 448 g/mol. The number of aryl methyl sites for hydroxylation is 1. The molecule has 3 aromatic rings.